The predicted octanol–water partition coefficient (Wildman–Crippen LogP) is 2.82. The molecular weight excluding hydrogens is 210 g/mol. The van der Waals surface area contributed by atoms with Gasteiger partial charge >= 0.3 is 0 Å². The molecule has 1 aliphatic heterocycles. The lowest BCUT2D eigenvalue weighted by molar-refractivity contribution is 0.956. The largest absolute Gasteiger partial charge is 0.374 e. The summed E-state index contributed by atoms with van der Waals surface area (Å²) in [7, 11) is 2.14. The molecule has 3 rings (SSSR count). The zero-order chi connectivity index (χ0) is 11.7. The summed E-state index contributed by atoms with van der Waals surface area (Å²) in [5.74, 6) is 0. The highest BCUT2D eigenvalue weighted by Crippen LogP contribution is 2.30. The lowest BCUT2D eigenvalue weighted by Crippen LogP contribution is -2.12. The molecule has 0 saturated carbocycles. The van der Waals surface area contributed by atoms with Crippen molar-refractivity contribution in [2.75, 3.05) is 23.8 Å². The van der Waals surface area contributed by atoms with E-state index in [9.17, 15) is 0 Å². The lowest BCUT2D eigenvalue weighted by atomic mass is 10.1. The van der Waals surface area contributed by atoms with E-state index in [1.54, 1.807) is 12.4 Å². The molecule has 3 heteroatoms. The molecule has 0 bridgehead atoms. The Balaban J connectivity index is 1.86. The van der Waals surface area contributed by atoms with Crippen molar-refractivity contribution in [1.29, 1.82) is 0 Å². The van der Waals surface area contributed by atoms with Crippen molar-refractivity contribution in [3.63, 3.8) is 0 Å². The topological polar surface area (TPSA) is 28.2 Å². The number of likely N-dealkylation sites (N-methyl/N-ethyl adjacent to an activating group) is 1. The van der Waals surface area contributed by atoms with Gasteiger partial charge < -0.3 is 10.2 Å². The van der Waals surface area contributed by atoms with E-state index in [0.717, 1.165) is 24.3 Å². The number of rotatable bonds is 2. The molecule has 1 aromatic carbocycles. The van der Waals surface area contributed by atoms with E-state index in [-0.39, 0.29) is 0 Å². The fraction of sp³-hybridized carbons (Fsp3) is 0.214. The molecule has 0 atom stereocenters. The molecule has 0 saturated heterocycles. The number of benzene rings is 1. The number of nitrogens with one attached hydrogen (secondary N) is 1. The average Bonchev–Trinajstić information content (AvgIpc) is 2.72. The van der Waals surface area contributed by atoms with Crippen LogP contribution in [0.2, 0.25) is 0 Å². The van der Waals surface area contributed by atoms with Crippen molar-refractivity contribution in [3.8, 4) is 0 Å². The van der Waals surface area contributed by atoms with Gasteiger partial charge in [0, 0.05) is 43.0 Å². The van der Waals surface area contributed by atoms with Crippen LogP contribution in [0.5, 0.6) is 0 Å². The number of aromatic nitrogens is 1. The average molecular weight is 225 g/mol. The van der Waals surface area contributed by atoms with E-state index in [2.05, 4.69) is 40.4 Å². The maximum absolute atomic E-state index is 4.01. The van der Waals surface area contributed by atoms with Crippen LogP contribution in [0.4, 0.5) is 17.1 Å². The standard InChI is InChI=1S/C14H15N3/c1-17-9-6-11-10-13(2-3-14(11)17)16-12-4-7-15-8-5-12/h2-5,7-8,10H,6,9H2,1H3,(H,15,16). The van der Waals surface area contributed by atoms with Crippen molar-refractivity contribution in [3.05, 3.63) is 48.3 Å². The molecule has 3 nitrogen and oxygen atoms in total. The van der Waals surface area contributed by atoms with Crippen LogP contribution in [0.3, 0.4) is 0 Å². The van der Waals surface area contributed by atoms with Crippen LogP contribution in [-0.2, 0) is 6.42 Å². The quantitative estimate of drug-likeness (QED) is 0.851. The van der Waals surface area contributed by atoms with Gasteiger partial charge in [0.15, 0.2) is 0 Å². The Morgan fingerprint density at radius 3 is 2.76 bits per heavy atom. The number of nitrogens with zero attached hydrogens (tertiary/aromatic N) is 2. The van der Waals surface area contributed by atoms with Gasteiger partial charge in [-0.15, -0.1) is 0 Å². The zero-order valence-corrected chi connectivity index (χ0v) is 9.85. The second kappa shape index (κ2) is 4.09. The fourth-order valence-corrected chi connectivity index (χ4v) is 2.25. The summed E-state index contributed by atoms with van der Waals surface area (Å²) in [5.41, 5.74) is 4.99. The lowest BCUT2D eigenvalue weighted by Gasteiger charge is -2.12. The van der Waals surface area contributed by atoms with Crippen molar-refractivity contribution in [2.24, 2.45) is 0 Å². The molecule has 0 aliphatic carbocycles. The van der Waals surface area contributed by atoms with Gasteiger partial charge in [0.2, 0.25) is 0 Å². The summed E-state index contributed by atoms with van der Waals surface area (Å²) < 4.78 is 0. The molecule has 2 heterocycles. The Morgan fingerprint density at radius 1 is 1.12 bits per heavy atom. The Morgan fingerprint density at radius 2 is 1.94 bits per heavy atom. The van der Waals surface area contributed by atoms with Crippen molar-refractivity contribution < 1.29 is 0 Å². The van der Waals surface area contributed by atoms with Gasteiger partial charge in [0.25, 0.3) is 0 Å². The number of hydrogen-bond acceptors (Lipinski definition) is 3. The van der Waals surface area contributed by atoms with Gasteiger partial charge in [-0.3, -0.25) is 4.98 Å². The molecule has 0 unspecified atom stereocenters. The van der Waals surface area contributed by atoms with E-state index >= 15 is 0 Å². The van der Waals surface area contributed by atoms with Crippen LogP contribution in [0, 0.1) is 0 Å². The molecule has 1 aliphatic rings. The third-order valence-corrected chi connectivity index (χ3v) is 3.18. The second-order valence-electron chi connectivity index (χ2n) is 4.38. The highest BCUT2D eigenvalue weighted by Gasteiger charge is 2.15. The summed E-state index contributed by atoms with van der Waals surface area (Å²) in [4.78, 5) is 6.31. The maximum atomic E-state index is 4.01. The molecule has 0 radical (unpaired) electrons. The van der Waals surface area contributed by atoms with E-state index in [4.69, 9.17) is 0 Å². The van der Waals surface area contributed by atoms with Crippen LogP contribution in [0.25, 0.3) is 0 Å². The molecule has 2 aromatic rings. The first kappa shape index (κ1) is 10.1. The predicted molar refractivity (Wildman–Crippen MR) is 70.9 cm³/mol. The van der Waals surface area contributed by atoms with Crippen LogP contribution >= 0.6 is 0 Å². The number of hydrogen-bond donors (Lipinski definition) is 1. The number of anilines is 3. The van der Waals surface area contributed by atoms with Crippen molar-refractivity contribution >= 4 is 17.1 Å². The minimum atomic E-state index is 1.08. The summed E-state index contributed by atoms with van der Waals surface area (Å²) >= 11 is 0. The maximum Gasteiger partial charge on any atom is 0.0415 e. The Kier molecular flexibility index (Phi) is 2.44. The van der Waals surface area contributed by atoms with Gasteiger partial charge in [-0.1, -0.05) is 0 Å². The smallest absolute Gasteiger partial charge is 0.0415 e. The summed E-state index contributed by atoms with van der Waals surface area (Å²) in [6.07, 6.45) is 4.73. The van der Waals surface area contributed by atoms with Gasteiger partial charge in [-0.25, -0.2) is 0 Å². The first-order valence-corrected chi connectivity index (χ1v) is 5.84. The highest BCUT2D eigenvalue weighted by molar-refractivity contribution is 5.67. The third-order valence-electron chi connectivity index (χ3n) is 3.18. The van der Waals surface area contributed by atoms with E-state index in [1.165, 1.54) is 11.3 Å². The van der Waals surface area contributed by atoms with Crippen LogP contribution in [-0.4, -0.2) is 18.6 Å². The van der Waals surface area contributed by atoms with Crippen molar-refractivity contribution in [2.45, 2.75) is 6.42 Å². The van der Waals surface area contributed by atoms with Gasteiger partial charge in [-0.05, 0) is 42.3 Å². The fourth-order valence-electron chi connectivity index (χ4n) is 2.25. The second-order valence-corrected chi connectivity index (χ2v) is 4.38. The number of pyridine rings is 1. The van der Waals surface area contributed by atoms with Crippen LogP contribution < -0.4 is 10.2 Å². The normalized spacial score (nSPS) is 13.6. The molecule has 1 N–H and O–H groups in total. The van der Waals surface area contributed by atoms with Gasteiger partial charge in [0.05, 0.1) is 0 Å². The van der Waals surface area contributed by atoms with Crippen LogP contribution in [0.1, 0.15) is 5.56 Å². The Bertz CT molecular complexity index is 522. The number of fused-ring (bicyclic) bond motifs is 1. The van der Waals surface area contributed by atoms with E-state index in [0.29, 0.717) is 0 Å². The molecule has 0 amide bonds. The monoisotopic (exact) mass is 225 g/mol. The third kappa shape index (κ3) is 1.96. The van der Waals surface area contributed by atoms with Crippen LogP contribution in [0.15, 0.2) is 42.7 Å². The molecule has 0 fully saturated rings. The molecule has 86 valence electrons. The van der Waals surface area contributed by atoms with E-state index < -0.39 is 0 Å². The van der Waals surface area contributed by atoms with Gasteiger partial charge in [-0.2, -0.15) is 0 Å². The summed E-state index contributed by atoms with van der Waals surface area (Å²) in [5, 5.41) is 3.39. The first-order valence-electron chi connectivity index (χ1n) is 5.84. The minimum absolute atomic E-state index is 1.08. The molecule has 0 spiro atoms. The SMILES string of the molecule is CN1CCc2cc(Nc3ccncc3)ccc21. The summed E-state index contributed by atoms with van der Waals surface area (Å²) in [6.45, 7) is 1.12. The minimum Gasteiger partial charge on any atom is -0.374 e. The Labute approximate surface area is 101 Å². The molecule has 17 heavy (non-hydrogen) atoms. The summed E-state index contributed by atoms with van der Waals surface area (Å²) in [6, 6.07) is 10.5. The van der Waals surface area contributed by atoms with E-state index in [1.807, 2.05) is 12.1 Å². The zero-order valence-electron chi connectivity index (χ0n) is 9.85. The highest BCUT2D eigenvalue weighted by atomic mass is 15.1. The first-order chi connectivity index (χ1) is 8.33. The van der Waals surface area contributed by atoms with Gasteiger partial charge in [0.1, 0.15) is 0 Å². The molecule has 1 aromatic heterocycles. The molecular formula is C14H15N3. The Hall–Kier alpha value is -2.03. The van der Waals surface area contributed by atoms with Crippen molar-refractivity contribution in [1.82, 2.24) is 4.98 Å².